The number of amides is 2. The van der Waals surface area contributed by atoms with Crippen molar-refractivity contribution >= 4 is 11.8 Å². The number of nitrogens with zero attached hydrogens (tertiary/aromatic N) is 2. The quantitative estimate of drug-likeness (QED) is 0.829. The molecule has 2 aromatic carbocycles. The lowest BCUT2D eigenvalue weighted by atomic mass is 10.1. The molecule has 0 aliphatic carbocycles. The van der Waals surface area contributed by atoms with E-state index in [1.165, 1.54) is 12.1 Å². The molecule has 0 saturated carbocycles. The van der Waals surface area contributed by atoms with E-state index in [1.54, 1.807) is 22.8 Å². The molecule has 0 atom stereocenters. The van der Waals surface area contributed by atoms with Gasteiger partial charge in [-0.1, -0.05) is 17.7 Å². The summed E-state index contributed by atoms with van der Waals surface area (Å²) >= 11 is 0. The zero-order valence-corrected chi connectivity index (χ0v) is 15.2. The number of aryl methyl sites for hydroxylation is 2. The van der Waals surface area contributed by atoms with E-state index in [-0.39, 0.29) is 17.6 Å². The molecule has 0 unspecified atom stereocenters. The van der Waals surface area contributed by atoms with Crippen molar-refractivity contribution in [1.82, 2.24) is 9.80 Å². The van der Waals surface area contributed by atoms with E-state index in [0.29, 0.717) is 42.9 Å². The number of rotatable bonds is 2. The van der Waals surface area contributed by atoms with Crippen LogP contribution in [0.5, 0.6) is 0 Å². The van der Waals surface area contributed by atoms with E-state index >= 15 is 0 Å². The summed E-state index contributed by atoms with van der Waals surface area (Å²) in [4.78, 5) is 29.0. The summed E-state index contributed by atoms with van der Waals surface area (Å²) in [5, 5.41) is 0. The maximum Gasteiger partial charge on any atom is 0.253 e. The maximum absolute atomic E-state index is 13.4. The Morgan fingerprint density at radius 2 is 1.46 bits per heavy atom. The number of benzene rings is 2. The Labute approximate surface area is 153 Å². The molecular formula is C21H23FN2O2. The molecule has 3 rings (SSSR count). The number of hydrogen-bond acceptors (Lipinski definition) is 2. The second kappa shape index (κ2) is 7.68. The molecule has 0 aromatic heterocycles. The highest BCUT2D eigenvalue weighted by molar-refractivity contribution is 5.95. The minimum atomic E-state index is -0.313. The van der Waals surface area contributed by atoms with Gasteiger partial charge in [0, 0.05) is 37.3 Å². The van der Waals surface area contributed by atoms with Crippen LogP contribution in [0.1, 0.15) is 38.3 Å². The summed E-state index contributed by atoms with van der Waals surface area (Å²) in [6.07, 6.45) is 0.726. The van der Waals surface area contributed by atoms with Crippen molar-refractivity contribution in [2.75, 3.05) is 26.2 Å². The predicted molar refractivity (Wildman–Crippen MR) is 98.7 cm³/mol. The van der Waals surface area contributed by atoms with Crippen LogP contribution in [-0.4, -0.2) is 47.8 Å². The van der Waals surface area contributed by atoms with Crippen molar-refractivity contribution in [3.63, 3.8) is 0 Å². The lowest BCUT2D eigenvalue weighted by Crippen LogP contribution is -2.37. The van der Waals surface area contributed by atoms with Crippen LogP contribution in [0.4, 0.5) is 4.39 Å². The fourth-order valence-electron chi connectivity index (χ4n) is 3.24. The first kappa shape index (κ1) is 18.1. The summed E-state index contributed by atoms with van der Waals surface area (Å²) in [5.74, 6) is -0.425. The highest BCUT2D eigenvalue weighted by Gasteiger charge is 2.23. The lowest BCUT2D eigenvalue weighted by molar-refractivity contribution is 0.0718. The first-order chi connectivity index (χ1) is 12.5. The van der Waals surface area contributed by atoms with E-state index in [4.69, 9.17) is 0 Å². The molecule has 5 heteroatoms. The minimum absolute atomic E-state index is 0.000579. The zero-order valence-electron chi connectivity index (χ0n) is 15.2. The van der Waals surface area contributed by atoms with Gasteiger partial charge in [-0.3, -0.25) is 9.59 Å². The highest BCUT2D eigenvalue weighted by atomic mass is 19.1. The Balaban J connectivity index is 1.68. The first-order valence-corrected chi connectivity index (χ1v) is 8.87. The summed E-state index contributed by atoms with van der Waals surface area (Å²) in [6, 6.07) is 12.0. The number of halogens is 1. The largest absolute Gasteiger partial charge is 0.337 e. The molecule has 26 heavy (non-hydrogen) atoms. The lowest BCUT2D eigenvalue weighted by Gasteiger charge is -2.22. The predicted octanol–water partition coefficient (Wildman–Crippen LogP) is 3.43. The van der Waals surface area contributed by atoms with Crippen LogP contribution in [0.3, 0.4) is 0 Å². The average Bonchev–Trinajstić information content (AvgIpc) is 2.89. The van der Waals surface area contributed by atoms with E-state index < -0.39 is 0 Å². The molecule has 0 N–H and O–H groups in total. The van der Waals surface area contributed by atoms with Crippen LogP contribution in [0.25, 0.3) is 0 Å². The Bertz CT molecular complexity index is 835. The van der Waals surface area contributed by atoms with Gasteiger partial charge in [0.2, 0.25) is 0 Å². The van der Waals surface area contributed by atoms with Gasteiger partial charge >= 0.3 is 0 Å². The molecule has 1 aliphatic heterocycles. The monoisotopic (exact) mass is 354 g/mol. The molecule has 1 fully saturated rings. The van der Waals surface area contributed by atoms with Crippen molar-refractivity contribution in [2.45, 2.75) is 20.3 Å². The van der Waals surface area contributed by atoms with Gasteiger partial charge in [-0.25, -0.2) is 4.39 Å². The molecule has 0 bridgehead atoms. The van der Waals surface area contributed by atoms with Gasteiger partial charge in [0.25, 0.3) is 11.8 Å². The van der Waals surface area contributed by atoms with Crippen LogP contribution in [0.15, 0.2) is 42.5 Å². The number of hydrogen-bond donors (Lipinski definition) is 0. The molecule has 136 valence electrons. The van der Waals surface area contributed by atoms with Gasteiger partial charge in [0.05, 0.1) is 0 Å². The fraction of sp³-hybridized carbons (Fsp3) is 0.333. The van der Waals surface area contributed by atoms with Gasteiger partial charge in [0.15, 0.2) is 0 Å². The van der Waals surface area contributed by atoms with Gasteiger partial charge < -0.3 is 9.80 Å². The van der Waals surface area contributed by atoms with Crippen molar-refractivity contribution in [3.05, 3.63) is 70.5 Å². The minimum Gasteiger partial charge on any atom is -0.337 e. The van der Waals surface area contributed by atoms with E-state index in [1.807, 2.05) is 31.2 Å². The van der Waals surface area contributed by atoms with Crippen molar-refractivity contribution < 1.29 is 14.0 Å². The SMILES string of the molecule is Cc1cccc(C(=O)N2CCCN(C(=O)c3ccc(F)c(C)c3)CC2)c1. The van der Waals surface area contributed by atoms with Crippen molar-refractivity contribution in [2.24, 2.45) is 0 Å². The van der Waals surface area contributed by atoms with E-state index in [2.05, 4.69) is 0 Å². The van der Waals surface area contributed by atoms with Gasteiger partial charge in [-0.05, 0) is 56.2 Å². The molecule has 1 aliphatic rings. The molecule has 1 heterocycles. The van der Waals surface area contributed by atoms with E-state index in [0.717, 1.165) is 12.0 Å². The summed E-state index contributed by atoms with van der Waals surface area (Å²) in [5.41, 5.74) is 2.68. The van der Waals surface area contributed by atoms with Crippen molar-refractivity contribution in [1.29, 1.82) is 0 Å². The number of carbonyl (C=O) groups is 2. The fourth-order valence-corrected chi connectivity index (χ4v) is 3.24. The van der Waals surface area contributed by atoms with Gasteiger partial charge in [0.1, 0.15) is 5.82 Å². The first-order valence-electron chi connectivity index (χ1n) is 8.87. The summed E-state index contributed by atoms with van der Waals surface area (Å²) < 4.78 is 13.4. The van der Waals surface area contributed by atoms with Crippen LogP contribution >= 0.6 is 0 Å². The normalized spacial score (nSPS) is 14.9. The van der Waals surface area contributed by atoms with Crippen LogP contribution < -0.4 is 0 Å². The highest BCUT2D eigenvalue weighted by Crippen LogP contribution is 2.15. The van der Waals surface area contributed by atoms with Crippen LogP contribution in [-0.2, 0) is 0 Å². The second-order valence-electron chi connectivity index (χ2n) is 6.77. The Morgan fingerprint density at radius 1 is 0.846 bits per heavy atom. The molecule has 4 nitrogen and oxygen atoms in total. The van der Waals surface area contributed by atoms with Crippen LogP contribution in [0, 0.1) is 19.7 Å². The topological polar surface area (TPSA) is 40.6 Å². The number of carbonyl (C=O) groups excluding carboxylic acids is 2. The molecular weight excluding hydrogens is 331 g/mol. The second-order valence-corrected chi connectivity index (χ2v) is 6.77. The third-order valence-electron chi connectivity index (χ3n) is 4.74. The molecule has 2 aromatic rings. The Morgan fingerprint density at radius 3 is 2.04 bits per heavy atom. The molecule has 0 spiro atoms. The summed E-state index contributed by atoms with van der Waals surface area (Å²) in [7, 11) is 0. The van der Waals surface area contributed by atoms with E-state index in [9.17, 15) is 14.0 Å². The summed E-state index contributed by atoms with van der Waals surface area (Å²) in [6.45, 7) is 5.80. The average molecular weight is 354 g/mol. The molecule has 0 radical (unpaired) electrons. The third kappa shape index (κ3) is 3.93. The van der Waals surface area contributed by atoms with Gasteiger partial charge in [-0.2, -0.15) is 0 Å². The zero-order chi connectivity index (χ0) is 18.7. The standard InChI is InChI=1S/C21H23FN2O2/c1-15-5-3-6-17(13-15)20(25)23-9-4-10-24(12-11-23)21(26)18-7-8-19(22)16(2)14-18/h3,5-8,13-14H,4,9-12H2,1-2H3. The van der Waals surface area contributed by atoms with Gasteiger partial charge in [-0.15, -0.1) is 0 Å². The smallest absolute Gasteiger partial charge is 0.253 e. The Hall–Kier alpha value is -2.69. The van der Waals surface area contributed by atoms with Crippen molar-refractivity contribution in [3.8, 4) is 0 Å². The third-order valence-corrected chi connectivity index (χ3v) is 4.74. The molecule has 2 amide bonds. The van der Waals surface area contributed by atoms with Crippen LogP contribution in [0.2, 0.25) is 0 Å². The maximum atomic E-state index is 13.4. The Kier molecular flexibility index (Phi) is 5.35. The molecule has 1 saturated heterocycles.